The van der Waals surface area contributed by atoms with Crippen molar-refractivity contribution < 1.29 is 9.21 Å². The van der Waals surface area contributed by atoms with Crippen LogP contribution in [0.15, 0.2) is 63.7 Å². The van der Waals surface area contributed by atoms with Crippen molar-refractivity contribution in [3.63, 3.8) is 0 Å². The molecule has 0 atom stereocenters. The number of nitrogens with zero attached hydrogens (tertiary/aromatic N) is 4. The quantitative estimate of drug-likeness (QED) is 0.342. The van der Waals surface area contributed by atoms with Crippen molar-refractivity contribution in [1.29, 1.82) is 0 Å². The number of rotatable bonds is 7. The lowest BCUT2D eigenvalue weighted by molar-refractivity contribution is -0.113. The highest BCUT2D eigenvalue weighted by Crippen LogP contribution is 2.35. The van der Waals surface area contributed by atoms with Gasteiger partial charge in [0.2, 0.25) is 11.7 Å². The summed E-state index contributed by atoms with van der Waals surface area (Å²) in [5.74, 6) is 1.57. The molecule has 1 N–H and O–H groups in total. The second-order valence-electron chi connectivity index (χ2n) is 7.69. The molecule has 164 valence electrons. The smallest absolute Gasteiger partial charge is 0.236 e. The van der Waals surface area contributed by atoms with E-state index in [1.165, 1.54) is 42.4 Å². The number of benzene rings is 1. The molecule has 5 rings (SSSR count). The number of carbonyl (C=O) groups is 1. The van der Waals surface area contributed by atoms with Gasteiger partial charge >= 0.3 is 0 Å². The van der Waals surface area contributed by atoms with Crippen LogP contribution in [0.25, 0.3) is 22.8 Å². The molecule has 3 aromatic heterocycles. The van der Waals surface area contributed by atoms with Gasteiger partial charge in [-0.25, -0.2) is 4.98 Å². The van der Waals surface area contributed by atoms with Gasteiger partial charge in [-0.3, -0.25) is 9.36 Å². The van der Waals surface area contributed by atoms with Crippen molar-refractivity contribution in [2.75, 3.05) is 11.1 Å². The van der Waals surface area contributed by atoms with Crippen LogP contribution in [0.5, 0.6) is 0 Å². The Kier molecular flexibility index (Phi) is 6.36. The highest BCUT2D eigenvalue weighted by Gasteiger charge is 2.25. The Hall–Kier alpha value is -2.91. The molecule has 1 aliphatic rings. The lowest BCUT2D eigenvalue weighted by Crippen LogP contribution is -2.17. The first-order chi connectivity index (χ1) is 15.8. The van der Waals surface area contributed by atoms with E-state index in [0.717, 1.165) is 35.1 Å². The number of hydrogen-bond acceptors (Lipinski definition) is 7. The number of nitrogens with one attached hydrogen (secondary N) is 1. The fourth-order valence-corrected chi connectivity index (χ4v) is 5.52. The number of carbonyl (C=O) groups excluding carboxylic acids is 1. The molecule has 0 unspecified atom stereocenters. The number of anilines is 1. The first-order valence-electron chi connectivity index (χ1n) is 10.7. The average Bonchev–Trinajstić information content (AvgIpc) is 3.59. The van der Waals surface area contributed by atoms with E-state index in [1.807, 2.05) is 47.8 Å². The van der Waals surface area contributed by atoms with Crippen LogP contribution >= 0.6 is 23.1 Å². The predicted octanol–water partition coefficient (Wildman–Crippen LogP) is 5.90. The van der Waals surface area contributed by atoms with Gasteiger partial charge in [0, 0.05) is 17.0 Å². The number of aromatic nitrogens is 4. The molecule has 0 saturated heterocycles. The van der Waals surface area contributed by atoms with E-state index < -0.39 is 0 Å². The van der Waals surface area contributed by atoms with E-state index in [4.69, 9.17) is 4.42 Å². The first-order valence-corrected chi connectivity index (χ1v) is 12.6. The minimum atomic E-state index is -0.110. The van der Waals surface area contributed by atoms with Crippen LogP contribution in [0, 0.1) is 0 Å². The zero-order valence-corrected chi connectivity index (χ0v) is 19.1. The molecule has 4 aromatic rings. The SMILES string of the molecule is O=C(CSc1nnc(-c2ccco2)n1C1CCCCC1)Nc1nc(-c2ccccc2)cs1. The molecular formula is C23H23N5O2S2. The molecule has 0 aliphatic heterocycles. The Morgan fingerprint density at radius 3 is 2.75 bits per heavy atom. The Bertz CT molecular complexity index is 1160. The largest absolute Gasteiger partial charge is 0.461 e. The van der Waals surface area contributed by atoms with Crippen LogP contribution in [0.1, 0.15) is 38.1 Å². The third-order valence-electron chi connectivity index (χ3n) is 5.50. The molecule has 7 nitrogen and oxygen atoms in total. The second kappa shape index (κ2) is 9.70. The van der Waals surface area contributed by atoms with Crippen molar-refractivity contribution in [2.24, 2.45) is 0 Å². The molecule has 0 radical (unpaired) electrons. The van der Waals surface area contributed by atoms with Crippen LogP contribution in [-0.2, 0) is 4.79 Å². The topological polar surface area (TPSA) is 85.8 Å². The fourth-order valence-electron chi connectivity index (χ4n) is 3.98. The van der Waals surface area contributed by atoms with E-state index in [0.29, 0.717) is 16.9 Å². The third kappa shape index (κ3) is 4.63. The van der Waals surface area contributed by atoms with Crippen molar-refractivity contribution in [2.45, 2.75) is 43.3 Å². The third-order valence-corrected chi connectivity index (χ3v) is 7.20. The van der Waals surface area contributed by atoms with Gasteiger partial charge in [0.1, 0.15) is 0 Å². The number of thioether (sulfide) groups is 1. The van der Waals surface area contributed by atoms with E-state index in [9.17, 15) is 4.79 Å². The normalized spacial score (nSPS) is 14.5. The minimum Gasteiger partial charge on any atom is -0.461 e. The van der Waals surface area contributed by atoms with Gasteiger partial charge in [-0.2, -0.15) is 0 Å². The lowest BCUT2D eigenvalue weighted by Gasteiger charge is -2.25. The lowest BCUT2D eigenvalue weighted by atomic mass is 9.95. The Labute approximate surface area is 194 Å². The Balaban J connectivity index is 1.27. The highest BCUT2D eigenvalue weighted by molar-refractivity contribution is 7.99. The van der Waals surface area contributed by atoms with Crippen molar-refractivity contribution in [3.05, 3.63) is 54.1 Å². The second-order valence-corrected chi connectivity index (χ2v) is 9.49. The van der Waals surface area contributed by atoms with Gasteiger partial charge in [-0.15, -0.1) is 21.5 Å². The summed E-state index contributed by atoms with van der Waals surface area (Å²) in [6.45, 7) is 0. The van der Waals surface area contributed by atoms with Gasteiger partial charge in [0.15, 0.2) is 16.0 Å². The molecular weight excluding hydrogens is 442 g/mol. The highest BCUT2D eigenvalue weighted by atomic mass is 32.2. The van der Waals surface area contributed by atoms with Gasteiger partial charge in [0.05, 0.1) is 17.7 Å². The van der Waals surface area contributed by atoms with Crippen LogP contribution in [0.4, 0.5) is 5.13 Å². The van der Waals surface area contributed by atoms with Gasteiger partial charge in [-0.05, 0) is 25.0 Å². The van der Waals surface area contributed by atoms with Crippen LogP contribution in [-0.4, -0.2) is 31.4 Å². The summed E-state index contributed by atoms with van der Waals surface area (Å²) in [5, 5.41) is 15.0. The standard InChI is InChI=1S/C23H23N5O2S2/c29-20(25-22-24-18(14-31-22)16-8-3-1-4-9-16)15-32-23-27-26-21(19-12-7-13-30-19)28(23)17-10-5-2-6-11-17/h1,3-4,7-9,12-14,17H,2,5-6,10-11,15H2,(H,24,25,29). The summed E-state index contributed by atoms with van der Waals surface area (Å²) in [7, 11) is 0. The Morgan fingerprint density at radius 1 is 1.12 bits per heavy atom. The molecule has 1 amide bonds. The van der Waals surface area contributed by atoms with Crippen LogP contribution in [0.3, 0.4) is 0 Å². The van der Waals surface area contributed by atoms with Crippen molar-refractivity contribution >= 4 is 34.1 Å². The van der Waals surface area contributed by atoms with Gasteiger partial charge in [-0.1, -0.05) is 61.4 Å². The van der Waals surface area contributed by atoms with Crippen LogP contribution in [0.2, 0.25) is 0 Å². The van der Waals surface area contributed by atoms with Crippen molar-refractivity contribution in [3.8, 4) is 22.8 Å². The molecule has 3 heterocycles. The van der Waals surface area contributed by atoms with Crippen LogP contribution < -0.4 is 5.32 Å². The fraction of sp³-hybridized carbons (Fsp3) is 0.304. The van der Waals surface area contributed by atoms with E-state index in [2.05, 4.69) is 25.1 Å². The maximum absolute atomic E-state index is 12.6. The molecule has 1 fully saturated rings. The predicted molar refractivity (Wildman–Crippen MR) is 127 cm³/mol. The zero-order valence-electron chi connectivity index (χ0n) is 17.4. The zero-order chi connectivity index (χ0) is 21.8. The molecule has 0 spiro atoms. The molecule has 32 heavy (non-hydrogen) atoms. The average molecular weight is 466 g/mol. The summed E-state index contributed by atoms with van der Waals surface area (Å²) in [5.41, 5.74) is 1.89. The number of furan rings is 1. The Morgan fingerprint density at radius 2 is 1.97 bits per heavy atom. The number of amides is 1. The van der Waals surface area contributed by atoms with E-state index in [1.54, 1.807) is 6.26 Å². The molecule has 9 heteroatoms. The maximum atomic E-state index is 12.6. The molecule has 1 aromatic carbocycles. The maximum Gasteiger partial charge on any atom is 0.236 e. The van der Waals surface area contributed by atoms with Crippen molar-refractivity contribution in [1.82, 2.24) is 19.7 Å². The molecule has 0 bridgehead atoms. The molecule has 1 saturated carbocycles. The summed E-state index contributed by atoms with van der Waals surface area (Å²) >= 11 is 2.83. The first kappa shape index (κ1) is 21.0. The minimum absolute atomic E-state index is 0.110. The summed E-state index contributed by atoms with van der Waals surface area (Å²) in [4.78, 5) is 17.1. The summed E-state index contributed by atoms with van der Waals surface area (Å²) in [6, 6.07) is 14.0. The number of thiazole rings is 1. The van der Waals surface area contributed by atoms with Gasteiger partial charge in [0.25, 0.3) is 0 Å². The van der Waals surface area contributed by atoms with E-state index in [-0.39, 0.29) is 11.7 Å². The monoisotopic (exact) mass is 465 g/mol. The van der Waals surface area contributed by atoms with Gasteiger partial charge < -0.3 is 9.73 Å². The summed E-state index contributed by atoms with van der Waals surface area (Å²) < 4.78 is 7.75. The van der Waals surface area contributed by atoms with E-state index >= 15 is 0 Å². The summed E-state index contributed by atoms with van der Waals surface area (Å²) in [6.07, 6.45) is 7.48. The molecule has 1 aliphatic carbocycles. The number of hydrogen-bond donors (Lipinski definition) is 1.